The maximum Gasteiger partial charge on any atom is 1.00 e. The Balaban J connectivity index is 0. The van der Waals surface area contributed by atoms with Crippen molar-refractivity contribution in [3.63, 3.8) is 0 Å². The van der Waals surface area contributed by atoms with Crippen LogP contribution in [0.4, 0.5) is 74.6 Å². The zero-order valence-corrected chi connectivity index (χ0v) is 17.9. The van der Waals surface area contributed by atoms with Crippen LogP contribution in [-0.4, -0.2) is 59.1 Å². The minimum Gasteiger partial charge on any atom is -0.756 e. The van der Waals surface area contributed by atoms with Gasteiger partial charge in [-0.25, -0.2) is 0 Å². The number of phosphoric ester groups is 1. The molecule has 0 aliphatic carbocycles. The molecule has 1 unspecified atom stereocenters. The van der Waals surface area contributed by atoms with Gasteiger partial charge in [-0.1, -0.05) is 0 Å². The second kappa shape index (κ2) is 9.42. The van der Waals surface area contributed by atoms with Gasteiger partial charge in [0.05, 0.1) is 6.61 Å². The van der Waals surface area contributed by atoms with Gasteiger partial charge in [-0.3, -0.25) is 4.57 Å². The zero-order valence-electron chi connectivity index (χ0n) is 15.0. The van der Waals surface area contributed by atoms with Gasteiger partial charge in [0.1, 0.15) is 0 Å². The molecule has 0 aromatic heterocycles. The molecule has 0 heterocycles. The second-order valence-electron chi connectivity index (χ2n) is 5.70. The van der Waals surface area contributed by atoms with E-state index in [1.54, 1.807) is 0 Å². The molecule has 0 saturated heterocycles. The largest absolute Gasteiger partial charge is 1.00 e. The van der Waals surface area contributed by atoms with Crippen LogP contribution in [0.5, 0.6) is 0 Å². The Bertz CT molecular complexity index is 730. The SMILES string of the molecule is O=P([O-])(O)OCCC(F)(F)C(F)(F)C(F)(F)C(F)(F)C(F)(F)C(F)(F)C(F)(F)C(F)(F)F.[Na+]. The van der Waals surface area contributed by atoms with E-state index in [0.717, 1.165) is 0 Å². The van der Waals surface area contributed by atoms with Crippen molar-refractivity contribution in [1.29, 1.82) is 0 Å². The first-order valence-electron chi connectivity index (χ1n) is 6.85. The summed E-state index contributed by atoms with van der Waals surface area (Å²) in [7, 11) is -6.03. The molecule has 0 saturated carbocycles. The maximum atomic E-state index is 13.3. The van der Waals surface area contributed by atoms with Crippen LogP contribution >= 0.6 is 7.82 Å². The normalized spacial score (nSPS) is 17.4. The predicted molar refractivity (Wildman–Crippen MR) is 61.1 cm³/mol. The first-order valence-corrected chi connectivity index (χ1v) is 8.35. The smallest absolute Gasteiger partial charge is 0.756 e. The standard InChI is InChI=1S/C10H6F17O4P.Na/c11-3(12,1-2-31-32(28,29)30)4(13,14)5(15,16)6(17,18)7(19,20)8(21,22)9(23,24)10(25,26)27;/h1-2H2,(H2,28,29,30);/q;+1/p-1. The van der Waals surface area contributed by atoms with Gasteiger partial charge in [0.15, 0.2) is 0 Å². The van der Waals surface area contributed by atoms with Crippen LogP contribution in [-0.2, 0) is 9.09 Å². The van der Waals surface area contributed by atoms with Gasteiger partial charge in [0.25, 0.3) is 7.82 Å². The van der Waals surface area contributed by atoms with E-state index in [2.05, 4.69) is 4.52 Å². The first kappa shape index (κ1) is 35.1. The number of hydrogen-bond donors (Lipinski definition) is 1. The number of hydrogen-bond acceptors (Lipinski definition) is 3. The summed E-state index contributed by atoms with van der Waals surface area (Å²) in [5.74, 6) is -57.5. The Morgan fingerprint density at radius 1 is 0.606 bits per heavy atom. The molecule has 194 valence electrons. The molecule has 4 nitrogen and oxygen atoms in total. The molecule has 0 aliphatic rings. The molecular weight excluding hydrogens is 561 g/mol. The average molecular weight is 566 g/mol. The molecule has 0 aliphatic heterocycles. The Kier molecular flexibility index (Phi) is 10.0. The molecule has 23 heteroatoms. The summed E-state index contributed by atoms with van der Waals surface area (Å²) in [6.07, 6.45) is -11.0. The third-order valence-corrected chi connectivity index (χ3v) is 3.97. The first-order chi connectivity index (χ1) is 13.5. The Hall–Kier alpha value is -0.0800. The molecule has 0 aromatic rings. The Morgan fingerprint density at radius 2 is 0.879 bits per heavy atom. The summed E-state index contributed by atoms with van der Waals surface area (Å²) in [6.45, 7) is -2.43. The predicted octanol–water partition coefficient (Wildman–Crippen LogP) is 1.87. The van der Waals surface area contributed by atoms with Crippen molar-refractivity contribution >= 4 is 7.82 Å². The van der Waals surface area contributed by atoms with Crippen molar-refractivity contribution in [2.45, 2.75) is 54.1 Å². The topological polar surface area (TPSA) is 69.6 Å². The van der Waals surface area contributed by atoms with Crippen molar-refractivity contribution in [2.24, 2.45) is 0 Å². The second-order valence-corrected chi connectivity index (χ2v) is 6.90. The van der Waals surface area contributed by atoms with E-state index in [4.69, 9.17) is 4.89 Å². The van der Waals surface area contributed by atoms with Gasteiger partial charge in [0.2, 0.25) is 0 Å². The molecule has 0 amide bonds. The van der Waals surface area contributed by atoms with Crippen LogP contribution in [0.25, 0.3) is 0 Å². The van der Waals surface area contributed by atoms with Crippen molar-refractivity contribution in [3.8, 4) is 0 Å². The van der Waals surface area contributed by atoms with Crippen LogP contribution in [0.15, 0.2) is 0 Å². The maximum absolute atomic E-state index is 13.3. The fourth-order valence-corrected chi connectivity index (χ4v) is 1.96. The minimum atomic E-state index is -8.74. The average Bonchev–Trinajstić information content (AvgIpc) is 2.50. The summed E-state index contributed by atoms with van der Waals surface area (Å²) < 4.78 is 232. The van der Waals surface area contributed by atoms with Gasteiger partial charge in [-0.15, -0.1) is 0 Å². The number of rotatable bonds is 10. The van der Waals surface area contributed by atoms with Crippen molar-refractivity contribution in [3.05, 3.63) is 0 Å². The number of phosphoric acid groups is 1. The van der Waals surface area contributed by atoms with Crippen molar-refractivity contribution < 1.29 is 123 Å². The van der Waals surface area contributed by atoms with Gasteiger partial charge in [-0.2, -0.15) is 74.6 Å². The van der Waals surface area contributed by atoms with E-state index in [9.17, 15) is 84.1 Å². The van der Waals surface area contributed by atoms with E-state index in [1.807, 2.05) is 0 Å². The summed E-state index contributed by atoms with van der Waals surface area (Å²) >= 11 is 0. The summed E-state index contributed by atoms with van der Waals surface area (Å²) in [5.41, 5.74) is 0. The van der Waals surface area contributed by atoms with E-state index in [1.165, 1.54) is 0 Å². The van der Waals surface area contributed by atoms with E-state index in [-0.39, 0.29) is 29.6 Å². The van der Waals surface area contributed by atoms with Crippen LogP contribution in [0, 0.1) is 0 Å². The molecule has 0 spiro atoms. The number of halogens is 17. The molecule has 1 N–H and O–H groups in total. The van der Waals surface area contributed by atoms with Crippen LogP contribution in [0.3, 0.4) is 0 Å². The molecule has 0 fully saturated rings. The number of alkyl halides is 17. The zero-order chi connectivity index (χ0) is 26.6. The van der Waals surface area contributed by atoms with Crippen LogP contribution in [0.2, 0.25) is 0 Å². The monoisotopic (exact) mass is 566 g/mol. The minimum absolute atomic E-state index is 0. The van der Waals surface area contributed by atoms with E-state index in [0.29, 0.717) is 0 Å². The van der Waals surface area contributed by atoms with Gasteiger partial charge >= 0.3 is 77.2 Å². The molecule has 0 bridgehead atoms. The van der Waals surface area contributed by atoms with Gasteiger partial charge < -0.3 is 14.3 Å². The summed E-state index contributed by atoms with van der Waals surface area (Å²) in [4.78, 5) is 18.0. The quantitative estimate of drug-likeness (QED) is 0.249. The molecule has 1 atom stereocenters. The van der Waals surface area contributed by atoms with E-state index < -0.39 is 68.5 Å². The van der Waals surface area contributed by atoms with Crippen LogP contribution < -0.4 is 34.5 Å². The third-order valence-electron chi connectivity index (χ3n) is 3.46. The Labute approximate surface area is 192 Å². The third kappa shape index (κ3) is 5.68. The van der Waals surface area contributed by atoms with Crippen LogP contribution in [0.1, 0.15) is 6.42 Å². The molecule has 0 aromatic carbocycles. The molecule has 0 radical (unpaired) electrons. The fraction of sp³-hybridized carbons (Fsp3) is 1.00. The van der Waals surface area contributed by atoms with Crippen molar-refractivity contribution in [1.82, 2.24) is 0 Å². The molecular formula is C10H5F17NaO4P. The Morgan fingerprint density at radius 3 is 1.15 bits per heavy atom. The molecule has 0 rings (SSSR count). The summed E-state index contributed by atoms with van der Waals surface area (Å²) in [5, 5.41) is 0. The van der Waals surface area contributed by atoms with Gasteiger partial charge in [-0.05, 0) is 0 Å². The fourth-order valence-electron chi connectivity index (χ4n) is 1.64. The van der Waals surface area contributed by atoms with E-state index >= 15 is 0 Å². The van der Waals surface area contributed by atoms with Crippen molar-refractivity contribution in [2.75, 3.05) is 6.61 Å². The molecule has 33 heavy (non-hydrogen) atoms. The van der Waals surface area contributed by atoms with Gasteiger partial charge in [0, 0.05) is 6.42 Å². The summed E-state index contributed by atoms with van der Waals surface area (Å²) in [6, 6.07) is 0.